The molecule has 2 N–H and O–H groups in total. The van der Waals surface area contributed by atoms with Crippen LogP contribution in [0.5, 0.6) is 0 Å². The fourth-order valence-corrected chi connectivity index (χ4v) is 1.94. The van der Waals surface area contributed by atoms with Crippen LogP contribution in [0.25, 0.3) is 0 Å². The molecule has 0 aromatic heterocycles. The van der Waals surface area contributed by atoms with E-state index in [1.165, 1.54) is 0 Å². The maximum atomic E-state index is 11.7. The number of nitrogen functional groups attached to an aromatic ring is 1. The van der Waals surface area contributed by atoms with Crippen LogP contribution in [0, 0.1) is 0 Å². The van der Waals surface area contributed by atoms with Gasteiger partial charge in [-0.1, -0.05) is 28.1 Å². The van der Waals surface area contributed by atoms with Crippen molar-refractivity contribution in [3.8, 4) is 0 Å². The fourth-order valence-electron chi connectivity index (χ4n) is 1.20. The molecule has 0 heterocycles. The Morgan fingerprint density at radius 1 is 1.64 bits per heavy atom. The van der Waals surface area contributed by atoms with Crippen molar-refractivity contribution in [1.29, 1.82) is 0 Å². The summed E-state index contributed by atoms with van der Waals surface area (Å²) in [5.41, 5.74) is 7.77. The van der Waals surface area contributed by atoms with E-state index in [0.717, 1.165) is 5.56 Å². The maximum absolute atomic E-state index is 11.7. The highest BCUT2D eigenvalue weighted by Crippen LogP contribution is 2.22. The third-order valence-electron chi connectivity index (χ3n) is 1.97. The van der Waals surface area contributed by atoms with Crippen molar-refractivity contribution in [2.75, 3.05) is 5.73 Å². The van der Waals surface area contributed by atoms with Crippen molar-refractivity contribution >= 4 is 39.0 Å². The molecule has 1 aromatic carbocycles. The van der Waals surface area contributed by atoms with Crippen LogP contribution in [0.15, 0.2) is 18.2 Å². The van der Waals surface area contributed by atoms with Gasteiger partial charge < -0.3 is 5.73 Å². The van der Waals surface area contributed by atoms with Gasteiger partial charge in [0.15, 0.2) is 5.78 Å². The Morgan fingerprint density at radius 3 is 2.79 bits per heavy atom. The molecule has 1 atom stereocenters. The number of alkyl halides is 2. The number of carbonyl (C=O) groups is 1. The van der Waals surface area contributed by atoms with Crippen LogP contribution >= 0.6 is 27.5 Å². The summed E-state index contributed by atoms with van der Waals surface area (Å²) in [4.78, 5) is 11.7. The standard InChI is InChI=1S/C10H11BrClNO/c1-6(12)10(14)7-3-2-4-9(13)8(7)5-11/h2-4,6H,5,13H2,1H3. The topological polar surface area (TPSA) is 43.1 Å². The number of ketones is 1. The van der Waals surface area contributed by atoms with E-state index in [9.17, 15) is 4.79 Å². The summed E-state index contributed by atoms with van der Waals surface area (Å²) in [5, 5.41) is 0.0410. The first-order chi connectivity index (χ1) is 6.57. The van der Waals surface area contributed by atoms with Gasteiger partial charge in [0.1, 0.15) is 0 Å². The van der Waals surface area contributed by atoms with Gasteiger partial charge in [0.05, 0.1) is 5.38 Å². The maximum Gasteiger partial charge on any atom is 0.180 e. The molecule has 0 saturated heterocycles. The third kappa shape index (κ3) is 2.28. The molecular formula is C10H11BrClNO. The zero-order valence-corrected chi connectivity index (χ0v) is 10.1. The van der Waals surface area contributed by atoms with Gasteiger partial charge in [-0.3, -0.25) is 4.79 Å². The van der Waals surface area contributed by atoms with E-state index >= 15 is 0 Å². The first kappa shape index (κ1) is 11.5. The van der Waals surface area contributed by atoms with Gasteiger partial charge in [-0.15, -0.1) is 11.6 Å². The Kier molecular flexibility index (Phi) is 3.96. The lowest BCUT2D eigenvalue weighted by atomic mass is 10.0. The number of rotatable bonds is 3. The van der Waals surface area contributed by atoms with E-state index in [0.29, 0.717) is 16.6 Å². The molecule has 0 bridgehead atoms. The molecule has 14 heavy (non-hydrogen) atoms. The molecule has 1 unspecified atom stereocenters. The third-order valence-corrected chi connectivity index (χ3v) is 2.73. The highest BCUT2D eigenvalue weighted by atomic mass is 79.9. The van der Waals surface area contributed by atoms with Crippen LogP contribution in [0.3, 0.4) is 0 Å². The van der Waals surface area contributed by atoms with Crippen LogP contribution in [-0.4, -0.2) is 11.2 Å². The summed E-state index contributed by atoms with van der Waals surface area (Å²) in [5.74, 6) is -0.0894. The minimum atomic E-state index is -0.519. The molecular weight excluding hydrogens is 265 g/mol. The quantitative estimate of drug-likeness (QED) is 0.524. The summed E-state index contributed by atoms with van der Waals surface area (Å²) in [6, 6.07) is 5.27. The minimum Gasteiger partial charge on any atom is -0.398 e. The Labute approximate surface area is 96.6 Å². The smallest absolute Gasteiger partial charge is 0.180 e. The van der Waals surface area contributed by atoms with Crippen LogP contribution in [0.2, 0.25) is 0 Å². The Hall–Kier alpha value is -0.540. The number of Topliss-reactive ketones (excluding diaryl/α,β-unsaturated/α-hetero) is 1. The zero-order chi connectivity index (χ0) is 10.7. The Morgan fingerprint density at radius 2 is 2.29 bits per heavy atom. The molecule has 1 aromatic rings. The average Bonchev–Trinajstić information content (AvgIpc) is 2.16. The summed E-state index contributed by atoms with van der Waals surface area (Å²) in [7, 11) is 0. The van der Waals surface area contributed by atoms with Crippen LogP contribution < -0.4 is 5.73 Å². The van der Waals surface area contributed by atoms with E-state index in [1.807, 2.05) is 0 Å². The van der Waals surface area contributed by atoms with E-state index in [2.05, 4.69) is 15.9 Å². The molecule has 0 amide bonds. The highest BCUT2D eigenvalue weighted by molar-refractivity contribution is 9.08. The highest BCUT2D eigenvalue weighted by Gasteiger charge is 2.16. The Bertz CT molecular complexity index is 352. The van der Waals surface area contributed by atoms with Gasteiger partial charge in [0, 0.05) is 16.6 Å². The Balaban J connectivity index is 3.20. The molecule has 0 aliphatic heterocycles. The molecule has 0 saturated carbocycles. The molecule has 0 aliphatic rings. The normalized spacial score (nSPS) is 12.5. The van der Waals surface area contributed by atoms with Crippen molar-refractivity contribution in [3.05, 3.63) is 29.3 Å². The molecule has 0 spiro atoms. The predicted octanol–water partition coefficient (Wildman–Crippen LogP) is 2.97. The number of benzene rings is 1. The van der Waals surface area contributed by atoms with Gasteiger partial charge in [-0.25, -0.2) is 0 Å². The lowest BCUT2D eigenvalue weighted by Gasteiger charge is -2.09. The molecule has 0 aliphatic carbocycles. The van der Waals surface area contributed by atoms with E-state index in [4.69, 9.17) is 17.3 Å². The van der Waals surface area contributed by atoms with Crippen LogP contribution in [-0.2, 0) is 5.33 Å². The second kappa shape index (κ2) is 4.80. The number of carbonyl (C=O) groups excluding carboxylic acids is 1. The van der Waals surface area contributed by atoms with Crippen LogP contribution in [0.1, 0.15) is 22.8 Å². The van der Waals surface area contributed by atoms with Crippen molar-refractivity contribution in [2.24, 2.45) is 0 Å². The predicted molar refractivity (Wildman–Crippen MR) is 63.1 cm³/mol. The molecule has 2 nitrogen and oxygen atoms in total. The molecule has 1 rings (SSSR count). The second-order valence-electron chi connectivity index (χ2n) is 2.99. The second-order valence-corrected chi connectivity index (χ2v) is 4.20. The van der Waals surface area contributed by atoms with Crippen molar-refractivity contribution in [1.82, 2.24) is 0 Å². The number of anilines is 1. The summed E-state index contributed by atoms with van der Waals surface area (Å²) in [6.45, 7) is 1.66. The van der Waals surface area contributed by atoms with E-state index in [1.54, 1.807) is 25.1 Å². The number of hydrogen-bond donors (Lipinski definition) is 1. The van der Waals surface area contributed by atoms with Crippen molar-refractivity contribution in [2.45, 2.75) is 17.6 Å². The summed E-state index contributed by atoms with van der Waals surface area (Å²) >= 11 is 9.04. The van der Waals surface area contributed by atoms with Gasteiger partial charge in [-0.2, -0.15) is 0 Å². The SMILES string of the molecule is CC(Cl)C(=O)c1cccc(N)c1CBr. The van der Waals surface area contributed by atoms with Gasteiger partial charge in [0.25, 0.3) is 0 Å². The van der Waals surface area contributed by atoms with Crippen LogP contribution in [0.4, 0.5) is 5.69 Å². The summed E-state index contributed by atoms with van der Waals surface area (Å²) < 4.78 is 0. The van der Waals surface area contributed by atoms with Gasteiger partial charge in [0.2, 0.25) is 0 Å². The van der Waals surface area contributed by atoms with Crippen molar-refractivity contribution in [3.63, 3.8) is 0 Å². The number of hydrogen-bond acceptors (Lipinski definition) is 2. The average molecular weight is 277 g/mol. The monoisotopic (exact) mass is 275 g/mol. The minimum absolute atomic E-state index is 0.0894. The first-order valence-electron chi connectivity index (χ1n) is 4.19. The van der Waals surface area contributed by atoms with Gasteiger partial charge in [-0.05, 0) is 18.6 Å². The van der Waals surface area contributed by atoms with Gasteiger partial charge >= 0.3 is 0 Å². The molecule has 0 radical (unpaired) electrons. The fraction of sp³-hybridized carbons (Fsp3) is 0.300. The van der Waals surface area contributed by atoms with E-state index < -0.39 is 5.38 Å². The first-order valence-corrected chi connectivity index (χ1v) is 5.75. The number of nitrogens with two attached hydrogens (primary N) is 1. The number of halogens is 2. The largest absolute Gasteiger partial charge is 0.398 e. The molecule has 0 fully saturated rings. The molecule has 76 valence electrons. The van der Waals surface area contributed by atoms with Crippen molar-refractivity contribution < 1.29 is 4.79 Å². The van der Waals surface area contributed by atoms with E-state index in [-0.39, 0.29) is 5.78 Å². The zero-order valence-electron chi connectivity index (χ0n) is 7.76. The molecule has 4 heteroatoms. The summed E-state index contributed by atoms with van der Waals surface area (Å²) in [6.07, 6.45) is 0. The lowest BCUT2D eigenvalue weighted by Crippen LogP contribution is -2.13. The lowest BCUT2D eigenvalue weighted by molar-refractivity contribution is 0.0991.